The first-order valence-corrected chi connectivity index (χ1v) is 17.0. The van der Waals surface area contributed by atoms with Gasteiger partial charge in [0.05, 0.1) is 24.8 Å². The summed E-state index contributed by atoms with van der Waals surface area (Å²) in [6.45, 7) is 5.23. The van der Waals surface area contributed by atoms with Crippen LogP contribution < -0.4 is 19.1 Å². The topological polar surface area (TPSA) is 105 Å². The van der Waals surface area contributed by atoms with Crippen molar-refractivity contribution in [3.63, 3.8) is 0 Å². The molecule has 0 bridgehead atoms. The molecule has 0 spiro atoms. The van der Waals surface area contributed by atoms with Crippen LogP contribution in [-0.4, -0.2) is 58.0 Å². The number of hydrogen-bond donors (Lipinski definition) is 1. The second-order valence-electron chi connectivity index (χ2n) is 11.4. The Morgan fingerprint density at radius 1 is 0.809 bits per heavy atom. The van der Waals surface area contributed by atoms with Crippen LogP contribution in [0.2, 0.25) is 0 Å². The lowest BCUT2D eigenvalue weighted by molar-refractivity contribution is -0.140. The molecule has 0 fully saturated rings. The number of aryl methyl sites for hydroxylation is 1. The molecular formula is C37H43N3O6S. The fourth-order valence-corrected chi connectivity index (χ4v) is 6.50. The van der Waals surface area contributed by atoms with Crippen molar-refractivity contribution in [2.75, 3.05) is 25.1 Å². The van der Waals surface area contributed by atoms with Gasteiger partial charge in [0.2, 0.25) is 11.8 Å². The molecule has 0 aliphatic heterocycles. The lowest BCUT2D eigenvalue weighted by atomic mass is 10.0. The fraction of sp³-hybridized carbons (Fsp3) is 0.297. The minimum Gasteiger partial charge on any atom is -0.497 e. The van der Waals surface area contributed by atoms with Crippen molar-refractivity contribution >= 4 is 27.5 Å². The van der Waals surface area contributed by atoms with E-state index in [9.17, 15) is 18.0 Å². The molecule has 0 radical (unpaired) electrons. The van der Waals surface area contributed by atoms with Crippen molar-refractivity contribution in [3.8, 4) is 11.5 Å². The molecule has 2 amide bonds. The second-order valence-corrected chi connectivity index (χ2v) is 13.3. The highest BCUT2D eigenvalue weighted by Crippen LogP contribution is 2.28. The summed E-state index contributed by atoms with van der Waals surface area (Å²) >= 11 is 0. The average molecular weight is 658 g/mol. The number of hydrogen-bond acceptors (Lipinski definition) is 6. The van der Waals surface area contributed by atoms with Crippen molar-refractivity contribution < 1.29 is 27.5 Å². The Morgan fingerprint density at radius 3 is 2.06 bits per heavy atom. The van der Waals surface area contributed by atoms with Gasteiger partial charge in [-0.2, -0.15) is 0 Å². The number of nitrogens with one attached hydrogen (secondary N) is 1. The molecule has 0 saturated carbocycles. The van der Waals surface area contributed by atoms with E-state index in [4.69, 9.17) is 9.47 Å². The van der Waals surface area contributed by atoms with E-state index in [2.05, 4.69) is 5.32 Å². The SMILES string of the molecule is CCC(C)NC(=O)C(Cc1ccccc1)N(Cc1cccc(OC)c1)C(=O)CN(c1cccc(OC)c1)S(=O)(=O)c1ccc(C)cc1. The quantitative estimate of drug-likeness (QED) is 0.174. The molecule has 0 aliphatic rings. The first-order chi connectivity index (χ1) is 22.5. The summed E-state index contributed by atoms with van der Waals surface area (Å²) in [6.07, 6.45) is 0.925. The van der Waals surface area contributed by atoms with Crippen molar-refractivity contribution in [2.24, 2.45) is 0 Å². The van der Waals surface area contributed by atoms with E-state index in [1.54, 1.807) is 55.6 Å². The molecule has 2 unspecified atom stereocenters. The molecule has 0 aliphatic carbocycles. The number of sulfonamides is 1. The Labute approximate surface area is 278 Å². The van der Waals surface area contributed by atoms with Gasteiger partial charge in [0.1, 0.15) is 24.1 Å². The summed E-state index contributed by atoms with van der Waals surface area (Å²) in [5.41, 5.74) is 2.73. The predicted molar refractivity (Wildman–Crippen MR) is 184 cm³/mol. The van der Waals surface area contributed by atoms with E-state index < -0.39 is 28.5 Å². The van der Waals surface area contributed by atoms with Crippen LogP contribution in [0.4, 0.5) is 5.69 Å². The number of methoxy groups -OCH3 is 2. The molecule has 9 nitrogen and oxygen atoms in total. The Bertz CT molecular complexity index is 1750. The van der Waals surface area contributed by atoms with Gasteiger partial charge in [-0.25, -0.2) is 8.42 Å². The van der Waals surface area contributed by atoms with E-state index >= 15 is 0 Å². The molecule has 0 heterocycles. The number of anilines is 1. The van der Waals surface area contributed by atoms with E-state index in [1.807, 2.05) is 63.2 Å². The van der Waals surface area contributed by atoms with Gasteiger partial charge in [-0.1, -0.05) is 73.2 Å². The standard InChI is InChI=1S/C37H43N3O6S/c1-6-28(3)38-37(42)35(23-29-12-8-7-9-13-29)39(25-30-14-10-16-32(22-30)45-4)36(41)26-40(31-15-11-17-33(24-31)46-5)47(43,44)34-20-18-27(2)19-21-34/h7-22,24,28,35H,6,23,25-26H2,1-5H3,(H,38,42). The van der Waals surface area contributed by atoms with Gasteiger partial charge in [0, 0.05) is 25.1 Å². The maximum Gasteiger partial charge on any atom is 0.264 e. The normalized spacial score (nSPS) is 12.4. The van der Waals surface area contributed by atoms with Crippen LogP contribution in [-0.2, 0) is 32.6 Å². The third-order valence-corrected chi connectivity index (χ3v) is 9.78. The number of carbonyl (C=O) groups is 2. The van der Waals surface area contributed by atoms with Crippen LogP contribution in [0.25, 0.3) is 0 Å². The van der Waals surface area contributed by atoms with E-state index in [0.717, 1.165) is 21.0 Å². The second kappa shape index (κ2) is 16.1. The van der Waals surface area contributed by atoms with Gasteiger partial charge >= 0.3 is 0 Å². The minimum absolute atomic E-state index is 0.0356. The monoisotopic (exact) mass is 657 g/mol. The van der Waals surface area contributed by atoms with Crippen molar-refractivity contribution in [2.45, 2.75) is 57.1 Å². The van der Waals surface area contributed by atoms with Gasteiger partial charge in [-0.05, 0) is 67.8 Å². The zero-order chi connectivity index (χ0) is 34.0. The molecule has 0 aromatic heterocycles. The molecule has 0 saturated heterocycles. The smallest absolute Gasteiger partial charge is 0.264 e. The highest BCUT2D eigenvalue weighted by atomic mass is 32.2. The molecule has 4 rings (SSSR count). The van der Waals surface area contributed by atoms with Gasteiger partial charge in [0.15, 0.2) is 0 Å². The Hall–Kier alpha value is -4.83. The summed E-state index contributed by atoms with van der Waals surface area (Å²) in [5, 5.41) is 3.05. The van der Waals surface area contributed by atoms with Crippen molar-refractivity contribution in [1.29, 1.82) is 0 Å². The van der Waals surface area contributed by atoms with Crippen LogP contribution in [0, 0.1) is 6.92 Å². The Morgan fingerprint density at radius 2 is 1.43 bits per heavy atom. The first kappa shape index (κ1) is 35.0. The predicted octanol–water partition coefficient (Wildman–Crippen LogP) is 5.76. The minimum atomic E-state index is -4.23. The van der Waals surface area contributed by atoms with Crippen molar-refractivity contribution in [1.82, 2.24) is 10.2 Å². The van der Waals surface area contributed by atoms with Gasteiger partial charge < -0.3 is 19.7 Å². The van der Waals surface area contributed by atoms with Crippen LogP contribution in [0.3, 0.4) is 0 Å². The Balaban J connectivity index is 1.83. The lowest BCUT2D eigenvalue weighted by Crippen LogP contribution is -2.54. The molecule has 4 aromatic carbocycles. The summed E-state index contributed by atoms with van der Waals surface area (Å²) in [6, 6.07) is 28.7. The Kier molecular flexibility index (Phi) is 12.0. The summed E-state index contributed by atoms with van der Waals surface area (Å²) in [4.78, 5) is 30.1. The fourth-order valence-electron chi connectivity index (χ4n) is 5.09. The summed E-state index contributed by atoms with van der Waals surface area (Å²) < 4.78 is 40.4. The number of rotatable bonds is 15. The average Bonchev–Trinajstić information content (AvgIpc) is 3.09. The summed E-state index contributed by atoms with van der Waals surface area (Å²) in [7, 11) is -1.18. The molecular weight excluding hydrogens is 614 g/mol. The molecule has 1 N–H and O–H groups in total. The van der Waals surface area contributed by atoms with E-state index in [1.165, 1.54) is 24.1 Å². The van der Waals surface area contributed by atoms with E-state index in [0.29, 0.717) is 17.9 Å². The van der Waals surface area contributed by atoms with Crippen LogP contribution >= 0.6 is 0 Å². The maximum atomic E-state index is 14.6. The molecule has 4 aromatic rings. The zero-order valence-corrected chi connectivity index (χ0v) is 28.4. The summed E-state index contributed by atoms with van der Waals surface area (Å²) in [5.74, 6) is 0.154. The number of nitrogens with zero attached hydrogens (tertiary/aromatic N) is 2. The van der Waals surface area contributed by atoms with E-state index in [-0.39, 0.29) is 35.5 Å². The molecule has 248 valence electrons. The first-order valence-electron chi connectivity index (χ1n) is 15.6. The van der Waals surface area contributed by atoms with Crippen LogP contribution in [0.1, 0.15) is 37.0 Å². The number of carbonyl (C=O) groups excluding carboxylic acids is 2. The molecule has 10 heteroatoms. The highest BCUT2D eigenvalue weighted by molar-refractivity contribution is 7.92. The number of benzene rings is 4. The largest absolute Gasteiger partial charge is 0.497 e. The lowest BCUT2D eigenvalue weighted by Gasteiger charge is -2.34. The third-order valence-electron chi connectivity index (χ3n) is 7.99. The highest BCUT2D eigenvalue weighted by Gasteiger charge is 2.35. The maximum absolute atomic E-state index is 14.6. The third kappa shape index (κ3) is 9.13. The molecule has 2 atom stereocenters. The van der Waals surface area contributed by atoms with Gasteiger partial charge in [0.25, 0.3) is 10.0 Å². The zero-order valence-electron chi connectivity index (χ0n) is 27.6. The van der Waals surface area contributed by atoms with Gasteiger partial charge in [-0.3, -0.25) is 13.9 Å². The molecule has 47 heavy (non-hydrogen) atoms. The van der Waals surface area contributed by atoms with Crippen molar-refractivity contribution in [3.05, 3.63) is 120 Å². The number of amides is 2. The van der Waals surface area contributed by atoms with Crippen LogP contribution in [0.15, 0.2) is 108 Å². The van der Waals surface area contributed by atoms with Crippen LogP contribution in [0.5, 0.6) is 11.5 Å². The van der Waals surface area contributed by atoms with Gasteiger partial charge in [-0.15, -0.1) is 0 Å². The number of ether oxygens (including phenoxy) is 2.